The molecule has 0 fully saturated rings. The van der Waals surface area contributed by atoms with Gasteiger partial charge in [-0.05, 0) is 53.3 Å². The lowest BCUT2D eigenvalue weighted by atomic mass is 10.1. The molecule has 1 N–H and O–H groups in total. The zero-order chi connectivity index (χ0) is 17.6. The number of anilines is 1. The number of hydrogen-bond acceptors (Lipinski definition) is 2. The topological polar surface area (TPSA) is 29.9 Å². The summed E-state index contributed by atoms with van der Waals surface area (Å²) in [6.07, 6.45) is -3.69. The van der Waals surface area contributed by atoms with Crippen molar-refractivity contribution in [1.29, 1.82) is 0 Å². The van der Waals surface area contributed by atoms with E-state index in [-0.39, 0.29) is 5.69 Å². The van der Waals surface area contributed by atoms with Crippen molar-refractivity contribution in [3.63, 3.8) is 0 Å². The van der Waals surface area contributed by atoms with Crippen molar-refractivity contribution in [2.75, 3.05) is 11.9 Å². The van der Waals surface area contributed by atoms with Gasteiger partial charge in [0.25, 0.3) is 0 Å². The van der Waals surface area contributed by atoms with Gasteiger partial charge in [0.1, 0.15) is 5.82 Å². The standard InChI is InChI=1S/C18H13F3IN3/c19-18(20,21)14-6-1-2-7-15(14)25-17-13(8-9-23-17)16(24-25)11-4-3-5-12(22)10-11/h1-7,10,23H,8-9H2. The van der Waals surface area contributed by atoms with Crippen LogP contribution in [0.15, 0.2) is 48.5 Å². The molecule has 0 amide bonds. The highest BCUT2D eigenvalue weighted by atomic mass is 127. The van der Waals surface area contributed by atoms with E-state index >= 15 is 0 Å². The minimum Gasteiger partial charge on any atom is -0.369 e. The monoisotopic (exact) mass is 455 g/mol. The summed E-state index contributed by atoms with van der Waals surface area (Å²) < 4.78 is 42.7. The Bertz CT molecular complexity index is 947. The number of hydrogen-bond donors (Lipinski definition) is 1. The van der Waals surface area contributed by atoms with Gasteiger partial charge in [-0.2, -0.15) is 18.3 Å². The highest BCUT2D eigenvalue weighted by molar-refractivity contribution is 14.1. The van der Waals surface area contributed by atoms with Crippen molar-refractivity contribution in [2.45, 2.75) is 12.6 Å². The summed E-state index contributed by atoms with van der Waals surface area (Å²) in [5, 5.41) is 7.72. The summed E-state index contributed by atoms with van der Waals surface area (Å²) in [6, 6.07) is 13.3. The maximum atomic E-state index is 13.4. The Kier molecular flexibility index (Phi) is 3.98. The number of nitrogens with zero attached hydrogens (tertiary/aromatic N) is 2. The maximum absolute atomic E-state index is 13.4. The van der Waals surface area contributed by atoms with Gasteiger partial charge in [0.2, 0.25) is 0 Å². The molecule has 7 heteroatoms. The molecule has 3 nitrogen and oxygen atoms in total. The SMILES string of the molecule is FC(F)(F)c1ccccc1-n1nc(-c2cccc(I)c2)c2c1NCC2. The van der Waals surface area contributed by atoms with Crippen LogP contribution in [0.25, 0.3) is 16.9 Å². The van der Waals surface area contributed by atoms with Gasteiger partial charge in [0, 0.05) is 21.2 Å². The van der Waals surface area contributed by atoms with Crippen LogP contribution in [0.5, 0.6) is 0 Å². The van der Waals surface area contributed by atoms with E-state index < -0.39 is 11.7 Å². The van der Waals surface area contributed by atoms with E-state index in [1.807, 2.05) is 24.3 Å². The second-order valence-corrected chi connectivity index (χ2v) is 7.04. The smallest absolute Gasteiger partial charge is 0.369 e. The molecule has 1 aromatic heterocycles. The summed E-state index contributed by atoms with van der Waals surface area (Å²) in [5.41, 5.74) is 1.95. The lowest BCUT2D eigenvalue weighted by Crippen LogP contribution is -2.13. The zero-order valence-corrected chi connectivity index (χ0v) is 15.1. The molecule has 0 spiro atoms. The third-order valence-electron chi connectivity index (χ3n) is 4.19. The highest BCUT2D eigenvalue weighted by Gasteiger charge is 2.35. The van der Waals surface area contributed by atoms with Gasteiger partial charge >= 0.3 is 6.18 Å². The number of alkyl halides is 3. The van der Waals surface area contributed by atoms with E-state index in [1.54, 1.807) is 6.07 Å². The van der Waals surface area contributed by atoms with Crippen LogP contribution in [0, 0.1) is 3.57 Å². The molecule has 0 aliphatic carbocycles. The Hall–Kier alpha value is -2.03. The van der Waals surface area contributed by atoms with Crippen molar-refractivity contribution in [1.82, 2.24) is 9.78 Å². The third kappa shape index (κ3) is 2.90. The van der Waals surface area contributed by atoms with Gasteiger partial charge in [-0.25, -0.2) is 4.68 Å². The molecule has 2 aromatic carbocycles. The molecule has 0 unspecified atom stereocenters. The van der Waals surface area contributed by atoms with Crippen molar-refractivity contribution in [2.24, 2.45) is 0 Å². The van der Waals surface area contributed by atoms with E-state index in [2.05, 4.69) is 33.0 Å². The molecular formula is C18H13F3IN3. The summed E-state index contributed by atoms with van der Waals surface area (Å²) >= 11 is 2.22. The van der Waals surface area contributed by atoms with Crippen molar-refractivity contribution in [3.05, 3.63) is 63.2 Å². The molecule has 128 valence electrons. The van der Waals surface area contributed by atoms with Crippen molar-refractivity contribution < 1.29 is 13.2 Å². The molecule has 0 bridgehead atoms. The van der Waals surface area contributed by atoms with Crippen LogP contribution in [0.3, 0.4) is 0 Å². The summed E-state index contributed by atoms with van der Waals surface area (Å²) in [5.74, 6) is 0.644. The Balaban J connectivity index is 1.93. The predicted molar refractivity (Wildman–Crippen MR) is 98.9 cm³/mol. The molecule has 0 saturated heterocycles. The van der Waals surface area contributed by atoms with E-state index in [1.165, 1.54) is 16.8 Å². The van der Waals surface area contributed by atoms with Gasteiger partial charge in [0.05, 0.1) is 16.9 Å². The number of fused-ring (bicyclic) bond motifs is 1. The fourth-order valence-corrected chi connectivity index (χ4v) is 3.66. The van der Waals surface area contributed by atoms with Crippen LogP contribution >= 0.6 is 22.6 Å². The third-order valence-corrected chi connectivity index (χ3v) is 4.86. The molecule has 1 aliphatic heterocycles. The van der Waals surface area contributed by atoms with E-state index in [0.29, 0.717) is 12.4 Å². The summed E-state index contributed by atoms with van der Waals surface area (Å²) in [6.45, 7) is 0.693. The van der Waals surface area contributed by atoms with Crippen LogP contribution in [0.2, 0.25) is 0 Å². The minimum absolute atomic E-state index is 0.0394. The number of halogens is 4. The van der Waals surface area contributed by atoms with E-state index in [9.17, 15) is 13.2 Å². The predicted octanol–water partition coefficient (Wildman–Crippen LogP) is 5.13. The molecule has 0 radical (unpaired) electrons. The first kappa shape index (κ1) is 16.4. The molecule has 3 aromatic rings. The Morgan fingerprint density at radius 1 is 1.08 bits per heavy atom. The Labute approximate surface area is 156 Å². The van der Waals surface area contributed by atoms with Crippen LogP contribution < -0.4 is 5.32 Å². The fourth-order valence-electron chi connectivity index (χ4n) is 3.11. The first-order chi connectivity index (χ1) is 11.9. The Morgan fingerprint density at radius 3 is 2.64 bits per heavy atom. The first-order valence-corrected chi connectivity index (χ1v) is 8.81. The average Bonchev–Trinajstić information content (AvgIpc) is 3.16. The summed E-state index contributed by atoms with van der Waals surface area (Å²) in [7, 11) is 0. The highest BCUT2D eigenvalue weighted by Crippen LogP contribution is 2.39. The second-order valence-electron chi connectivity index (χ2n) is 5.79. The molecule has 2 heterocycles. The van der Waals surface area contributed by atoms with Crippen LogP contribution in [0.1, 0.15) is 11.1 Å². The van der Waals surface area contributed by atoms with Crippen LogP contribution in [0.4, 0.5) is 19.0 Å². The second kappa shape index (κ2) is 6.05. The van der Waals surface area contributed by atoms with Crippen LogP contribution in [-0.4, -0.2) is 16.3 Å². The average molecular weight is 455 g/mol. The van der Waals surface area contributed by atoms with E-state index in [4.69, 9.17) is 0 Å². The first-order valence-electron chi connectivity index (χ1n) is 7.73. The lowest BCUT2D eigenvalue weighted by Gasteiger charge is -2.14. The van der Waals surface area contributed by atoms with Gasteiger partial charge in [-0.1, -0.05) is 24.3 Å². The largest absolute Gasteiger partial charge is 0.418 e. The molecule has 1 aliphatic rings. The zero-order valence-electron chi connectivity index (χ0n) is 12.9. The number of aromatic nitrogens is 2. The molecular weight excluding hydrogens is 442 g/mol. The van der Waals surface area contributed by atoms with E-state index in [0.717, 1.165) is 32.9 Å². The number of para-hydroxylation sites is 1. The lowest BCUT2D eigenvalue weighted by molar-refractivity contribution is -0.137. The van der Waals surface area contributed by atoms with Gasteiger partial charge in [-0.15, -0.1) is 0 Å². The molecule has 0 saturated carbocycles. The normalized spacial score (nSPS) is 13.6. The van der Waals surface area contributed by atoms with Crippen molar-refractivity contribution in [3.8, 4) is 16.9 Å². The number of benzene rings is 2. The van der Waals surface area contributed by atoms with Crippen LogP contribution in [-0.2, 0) is 12.6 Å². The fraction of sp³-hybridized carbons (Fsp3) is 0.167. The number of rotatable bonds is 2. The summed E-state index contributed by atoms with van der Waals surface area (Å²) in [4.78, 5) is 0. The minimum atomic E-state index is -4.43. The van der Waals surface area contributed by atoms with Gasteiger partial charge < -0.3 is 5.32 Å². The van der Waals surface area contributed by atoms with Crippen molar-refractivity contribution >= 4 is 28.4 Å². The quantitative estimate of drug-likeness (QED) is 0.544. The number of nitrogens with one attached hydrogen (secondary N) is 1. The molecule has 4 rings (SSSR count). The maximum Gasteiger partial charge on any atom is 0.418 e. The molecule has 25 heavy (non-hydrogen) atoms. The Morgan fingerprint density at radius 2 is 1.88 bits per heavy atom. The van der Waals surface area contributed by atoms with Gasteiger partial charge in [-0.3, -0.25) is 0 Å². The molecule has 0 atom stereocenters. The van der Waals surface area contributed by atoms with Gasteiger partial charge in [0.15, 0.2) is 0 Å².